The second-order valence-corrected chi connectivity index (χ2v) is 5.62. The molecule has 1 aromatic heterocycles. The molecule has 0 N–H and O–H groups in total. The fraction of sp³-hybridized carbons (Fsp3) is 0.400. The Kier molecular flexibility index (Phi) is 3.88. The van der Waals surface area contributed by atoms with Crippen LogP contribution in [0.5, 0.6) is 0 Å². The molecule has 1 saturated heterocycles. The van der Waals surface area contributed by atoms with Gasteiger partial charge in [-0.05, 0) is 28.9 Å². The summed E-state index contributed by atoms with van der Waals surface area (Å²) < 4.78 is 6.15. The predicted octanol–water partition coefficient (Wildman–Crippen LogP) is 2.14. The van der Waals surface area contributed by atoms with E-state index in [2.05, 4.69) is 13.7 Å². The maximum atomic E-state index is 8.58. The van der Waals surface area contributed by atoms with Crippen molar-refractivity contribution in [3.8, 4) is 6.19 Å². The molecule has 84 valence electrons. The number of pyridine rings is 1. The molecule has 1 aromatic rings. The zero-order valence-electron chi connectivity index (χ0n) is 8.64. The first-order valence-corrected chi connectivity index (χ1v) is 6.64. The van der Waals surface area contributed by atoms with Crippen LogP contribution in [0.3, 0.4) is 0 Å². The van der Waals surface area contributed by atoms with E-state index in [0.29, 0.717) is 5.15 Å². The van der Waals surface area contributed by atoms with Gasteiger partial charge in [-0.15, -0.1) is 4.36 Å². The molecule has 2 heterocycles. The van der Waals surface area contributed by atoms with E-state index in [9.17, 15) is 0 Å². The van der Waals surface area contributed by atoms with Gasteiger partial charge >= 0.3 is 0 Å². The lowest BCUT2D eigenvalue weighted by molar-refractivity contribution is 0.487. The van der Waals surface area contributed by atoms with Crippen molar-refractivity contribution in [3.05, 3.63) is 29.0 Å². The van der Waals surface area contributed by atoms with E-state index in [1.165, 1.54) is 0 Å². The third kappa shape index (κ3) is 2.79. The monoisotopic (exact) mass is 254 g/mol. The summed E-state index contributed by atoms with van der Waals surface area (Å²) >= 11 is 5.72. The highest BCUT2D eigenvalue weighted by Gasteiger charge is 2.18. The molecule has 4 nitrogen and oxygen atoms in total. The normalized spacial score (nSPS) is 21.1. The first kappa shape index (κ1) is 11.5. The molecule has 0 amide bonds. The Bertz CT molecular complexity index is 437. The van der Waals surface area contributed by atoms with Gasteiger partial charge in [-0.3, -0.25) is 0 Å². The van der Waals surface area contributed by atoms with Gasteiger partial charge < -0.3 is 0 Å². The van der Waals surface area contributed by atoms with Crippen molar-refractivity contribution >= 4 is 22.5 Å². The average Bonchev–Trinajstić information content (AvgIpc) is 2.70. The van der Waals surface area contributed by atoms with E-state index in [1.54, 1.807) is 12.3 Å². The van der Waals surface area contributed by atoms with E-state index in [4.69, 9.17) is 16.9 Å². The molecule has 1 unspecified atom stereocenters. The molecular weight excluding hydrogens is 244 g/mol. The fourth-order valence-corrected chi connectivity index (χ4v) is 3.31. The Labute approximate surface area is 102 Å². The van der Waals surface area contributed by atoms with Gasteiger partial charge in [-0.25, -0.2) is 9.29 Å². The topological polar surface area (TPSA) is 52.3 Å². The van der Waals surface area contributed by atoms with Crippen LogP contribution in [0.25, 0.3) is 0 Å². The van der Waals surface area contributed by atoms with E-state index in [-0.39, 0.29) is 10.9 Å². The van der Waals surface area contributed by atoms with Crippen LogP contribution in [-0.2, 0) is 17.4 Å². The minimum Gasteiger partial charge on any atom is -0.244 e. The molecular formula is C10H11ClN4S. The summed E-state index contributed by atoms with van der Waals surface area (Å²) in [4.78, 5) is 4.04. The smallest absolute Gasteiger partial charge is 0.213 e. The highest BCUT2D eigenvalue weighted by atomic mass is 35.5. The number of nitrogens with zero attached hydrogens (tertiary/aromatic N) is 4. The molecule has 16 heavy (non-hydrogen) atoms. The third-order valence-electron chi connectivity index (χ3n) is 2.33. The summed E-state index contributed by atoms with van der Waals surface area (Å²) in [5.74, 6) is 0.995. The molecule has 6 heteroatoms. The van der Waals surface area contributed by atoms with Gasteiger partial charge in [0.05, 0.1) is 0 Å². The lowest BCUT2D eigenvalue weighted by Gasteiger charge is -2.15. The minimum absolute atomic E-state index is 0.234. The molecule has 0 saturated carbocycles. The Morgan fingerprint density at radius 2 is 2.50 bits per heavy atom. The van der Waals surface area contributed by atoms with E-state index >= 15 is 0 Å². The number of aromatic nitrogens is 1. The molecule has 1 aliphatic heterocycles. The van der Waals surface area contributed by atoms with Gasteiger partial charge in [-0.1, -0.05) is 17.7 Å². The van der Waals surface area contributed by atoms with Crippen molar-refractivity contribution in [3.63, 3.8) is 0 Å². The van der Waals surface area contributed by atoms with Crippen LogP contribution in [0, 0.1) is 11.5 Å². The van der Waals surface area contributed by atoms with Gasteiger partial charge in [-0.2, -0.15) is 5.26 Å². The molecule has 0 radical (unpaired) electrons. The Morgan fingerprint density at radius 1 is 1.62 bits per heavy atom. The Morgan fingerprint density at radius 3 is 3.19 bits per heavy atom. The highest BCUT2D eigenvalue weighted by Crippen LogP contribution is 2.16. The quantitative estimate of drug-likeness (QED) is 0.600. The Hall–Kier alpha value is -0.960. The Balaban J connectivity index is 2.07. The van der Waals surface area contributed by atoms with Gasteiger partial charge in [0, 0.05) is 25.0 Å². The van der Waals surface area contributed by atoms with Crippen LogP contribution < -0.4 is 0 Å². The summed E-state index contributed by atoms with van der Waals surface area (Å²) in [7, 11) is -0.234. The van der Waals surface area contributed by atoms with Crippen molar-refractivity contribution in [1.82, 2.24) is 9.29 Å². The molecule has 0 aliphatic carbocycles. The van der Waals surface area contributed by atoms with Crippen LogP contribution in [0.15, 0.2) is 22.7 Å². The highest BCUT2D eigenvalue weighted by molar-refractivity contribution is 7.85. The zero-order valence-corrected chi connectivity index (χ0v) is 10.2. The summed E-state index contributed by atoms with van der Waals surface area (Å²) in [6, 6.07) is 3.74. The van der Waals surface area contributed by atoms with Gasteiger partial charge in [0.15, 0.2) is 0 Å². The summed E-state index contributed by atoms with van der Waals surface area (Å²) in [5.41, 5.74) is 1.11. The summed E-state index contributed by atoms with van der Waals surface area (Å²) in [6.07, 6.45) is 4.77. The van der Waals surface area contributed by atoms with Crippen molar-refractivity contribution < 1.29 is 0 Å². The molecule has 2 rings (SSSR count). The molecule has 0 spiro atoms. The number of halogens is 1. The number of rotatable bonds is 2. The maximum Gasteiger partial charge on any atom is 0.213 e. The van der Waals surface area contributed by atoms with E-state index < -0.39 is 0 Å². The first-order chi connectivity index (χ1) is 7.79. The van der Waals surface area contributed by atoms with E-state index in [0.717, 1.165) is 30.8 Å². The second kappa shape index (κ2) is 5.39. The first-order valence-electron chi connectivity index (χ1n) is 4.96. The number of hydrogen-bond acceptors (Lipinski definition) is 3. The molecule has 1 fully saturated rings. The van der Waals surface area contributed by atoms with Crippen molar-refractivity contribution in [1.29, 1.82) is 5.26 Å². The minimum atomic E-state index is -0.234. The van der Waals surface area contributed by atoms with Gasteiger partial charge in [0.1, 0.15) is 5.15 Å². The largest absolute Gasteiger partial charge is 0.244 e. The number of hydrogen-bond donors (Lipinski definition) is 0. The third-order valence-corrected chi connectivity index (χ3v) is 4.40. The van der Waals surface area contributed by atoms with Crippen molar-refractivity contribution in [2.24, 2.45) is 4.36 Å². The SMILES string of the molecule is N#C/N=S1\CCCN1Cc1ccc(Cl)nc1. The standard InChI is InChI=1S/C10H11ClN4S/c11-10-3-2-9(6-13-10)7-15-4-1-5-16(15)14-8-12/h2-3,6H,1,4-5,7H2. The van der Waals surface area contributed by atoms with Crippen LogP contribution in [0.4, 0.5) is 0 Å². The van der Waals surface area contributed by atoms with Crippen LogP contribution >= 0.6 is 11.6 Å². The molecule has 0 bridgehead atoms. The van der Waals surface area contributed by atoms with Crippen molar-refractivity contribution in [2.45, 2.75) is 13.0 Å². The molecule has 0 aromatic carbocycles. The number of nitriles is 1. The van der Waals surface area contributed by atoms with E-state index in [1.807, 2.05) is 12.3 Å². The molecule has 1 aliphatic rings. The van der Waals surface area contributed by atoms with Crippen LogP contribution in [0.2, 0.25) is 5.15 Å². The maximum absolute atomic E-state index is 8.58. The summed E-state index contributed by atoms with van der Waals surface area (Å²) in [5, 5.41) is 9.09. The zero-order chi connectivity index (χ0) is 11.4. The lowest BCUT2D eigenvalue weighted by Crippen LogP contribution is -2.19. The van der Waals surface area contributed by atoms with Crippen LogP contribution in [0.1, 0.15) is 12.0 Å². The average molecular weight is 255 g/mol. The summed E-state index contributed by atoms with van der Waals surface area (Å²) in [6.45, 7) is 1.79. The van der Waals surface area contributed by atoms with Gasteiger partial charge in [0.2, 0.25) is 6.19 Å². The fourth-order valence-electron chi connectivity index (χ4n) is 1.61. The van der Waals surface area contributed by atoms with Gasteiger partial charge in [0.25, 0.3) is 0 Å². The lowest BCUT2D eigenvalue weighted by atomic mass is 10.3. The van der Waals surface area contributed by atoms with Crippen LogP contribution in [-0.4, -0.2) is 21.6 Å². The second-order valence-electron chi connectivity index (χ2n) is 3.44. The predicted molar refractivity (Wildman–Crippen MR) is 64.5 cm³/mol. The molecule has 1 atom stereocenters. The van der Waals surface area contributed by atoms with Crippen molar-refractivity contribution in [2.75, 3.05) is 12.3 Å².